The van der Waals surface area contributed by atoms with E-state index in [-0.39, 0.29) is 0 Å². The molecule has 3 heteroatoms. The first kappa shape index (κ1) is 24.3. The van der Waals surface area contributed by atoms with Gasteiger partial charge >= 0.3 is 0 Å². The number of ketones is 1. The van der Waals surface area contributed by atoms with Gasteiger partial charge in [0.1, 0.15) is 5.78 Å². The molecule has 2 aromatic rings. The molecule has 0 radical (unpaired) electrons. The highest BCUT2D eigenvalue weighted by Gasteiger charge is 2.02. The molecular formula is C27H38O3. The van der Waals surface area contributed by atoms with Crippen LogP contribution >= 0.6 is 0 Å². The molecule has 164 valence electrons. The van der Waals surface area contributed by atoms with Crippen LogP contribution in [-0.2, 0) is 27.5 Å². The van der Waals surface area contributed by atoms with Crippen molar-refractivity contribution in [2.75, 3.05) is 13.2 Å². The molecular weight excluding hydrogens is 372 g/mol. The molecule has 0 aromatic heterocycles. The van der Waals surface area contributed by atoms with E-state index < -0.39 is 0 Å². The summed E-state index contributed by atoms with van der Waals surface area (Å²) in [5.74, 6) is 0.427. The number of hydrogen-bond donors (Lipinski definition) is 0. The van der Waals surface area contributed by atoms with E-state index in [4.69, 9.17) is 9.47 Å². The van der Waals surface area contributed by atoms with Crippen molar-refractivity contribution in [3.05, 3.63) is 71.8 Å². The van der Waals surface area contributed by atoms with Crippen LogP contribution in [0.3, 0.4) is 0 Å². The van der Waals surface area contributed by atoms with Crippen molar-refractivity contribution in [2.45, 2.75) is 77.4 Å². The van der Waals surface area contributed by atoms with Crippen molar-refractivity contribution in [1.82, 2.24) is 0 Å². The van der Waals surface area contributed by atoms with Gasteiger partial charge in [0.15, 0.2) is 0 Å². The predicted octanol–water partition coefficient (Wildman–Crippen LogP) is 6.89. The average Bonchev–Trinajstić information content (AvgIpc) is 2.79. The van der Waals surface area contributed by atoms with Gasteiger partial charge in [-0.25, -0.2) is 0 Å². The van der Waals surface area contributed by atoms with Crippen LogP contribution in [0.4, 0.5) is 0 Å². The van der Waals surface area contributed by atoms with Gasteiger partial charge in [0.05, 0.1) is 13.2 Å². The Labute approximate surface area is 182 Å². The lowest BCUT2D eigenvalue weighted by Crippen LogP contribution is -1.99. The Hall–Kier alpha value is -1.97. The second-order valence-corrected chi connectivity index (χ2v) is 7.94. The van der Waals surface area contributed by atoms with Gasteiger partial charge in [-0.05, 0) is 36.8 Å². The third-order valence-corrected chi connectivity index (χ3v) is 5.21. The molecule has 2 rings (SSSR count). The van der Waals surface area contributed by atoms with Crippen molar-refractivity contribution < 1.29 is 14.3 Å². The number of carbonyl (C=O) groups is 1. The first-order valence-corrected chi connectivity index (χ1v) is 11.6. The molecule has 30 heavy (non-hydrogen) atoms. The first-order valence-electron chi connectivity index (χ1n) is 11.6. The van der Waals surface area contributed by atoms with E-state index in [1.807, 2.05) is 36.4 Å². The summed E-state index contributed by atoms with van der Waals surface area (Å²) in [6, 6.07) is 20.6. The third-order valence-electron chi connectivity index (χ3n) is 5.21. The standard InChI is InChI=1S/C27H38O3/c28-27(19-11-1-3-13-21-29-23-25-15-7-5-8-16-25)20-12-2-4-14-22-30-24-26-17-9-6-10-18-26/h5-10,15-18H,1-4,11-14,19-24H2. The fourth-order valence-corrected chi connectivity index (χ4v) is 3.41. The number of rotatable bonds is 18. The number of Topliss-reactive ketones (excluding diaryl/α,β-unsaturated/α-hetero) is 1. The first-order chi connectivity index (χ1) is 14.8. The van der Waals surface area contributed by atoms with Crippen LogP contribution in [0.2, 0.25) is 0 Å². The van der Waals surface area contributed by atoms with E-state index >= 15 is 0 Å². The minimum atomic E-state index is 0.427. The van der Waals surface area contributed by atoms with Gasteiger partial charge in [0.25, 0.3) is 0 Å². The maximum atomic E-state index is 12.0. The zero-order chi connectivity index (χ0) is 21.1. The molecule has 3 nitrogen and oxygen atoms in total. The highest BCUT2D eigenvalue weighted by molar-refractivity contribution is 5.78. The lowest BCUT2D eigenvalue weighted by molar-refractivity contribution is -0.119. The zero-order valence-electron chi connectivity index (χ0n) is 18.4. The second-order valence-electron chi connectivity index (χ2n) is 7.94. The highest BCUT2D eigenvalue weighted by atomic mass is 16.5. The molecule has 0 aliphatic heterocycles. The van der Waals surface area contributed by atoms with Gasteiger partial charge in [-0.1, -0.05) is 86.3 Å². The number of ether oxygens (including phenoxy) is 2. The van der Waals surface area contributed by atoms with Crippen LogP contribution in [0, 0.1) is 0 Å². The maximum Gasteiger partial charge on any atom is 0.132 e. The predicted molar refractivity (Wildman–Crippen MR) is 123 cm³/mol. The van der Waals surface area contributed by atoms with Gasteiger partial charge in [-0.2, -0.15) is 0 Å². The van der Waals surface area contributed by atoms with E-state index in [0.717, 1.165) is 77.4 Å². The van der Waals surface area contributed by atoms with Crippen LogP contribution < -0.4 is 0 Å². The molecule has 0 saturated carbocycles. The fourth-order valence-electron chi connectivity index (χ4n) is 3.41. The summed E-state index contributed by atoms with van der Waals surface area (Å²) < 4.78 is 11.4. The number of unbranched alkanes of at least 4 members (excludes halogenated alkanes) is 6. The summed E-state index contributed by atoms with van der Waals surface area (Å²) in [7, 11) is 0. The normalized spacial score (nSPS) is 10.9. The molecule has 0 atom stereocenters. The summed E-state index contributed by atoms with van der Waals surface area (Å²) in [5, 5.41) is 0. The van der Waals surface area contributed by atoms with E-state index in [0.29, 0.717) is 19.0 Å². The van der Waals surface area contributed by atoms with Crippen molar-refractivity contribution >= 4 is 5.78 Å². The van der Waals surface area contributed by atoms with E-state index in [9.17, 15) is 4.79 Å². The molecule has 0 aliphatic rings. The Kier molecular flexibility index (Phi) is 13.6. The molecule has 0 fully saturated rings. The van der Waals surface area contributed by atoms with Gasteiger partial charge in [0.2, 0.25) is 0 Å². The minimum absolute atomic E-state index is 0.427. The molecule has 0 heterocycles. The number of benzene rings is 2. The number of carbonyl (C=O) groups excluding carboxylic acids is 1. The Bertz CT molecular complexity index is 597. The molecule has 0 unspecified atom stereocenters. The SMILES string of the molecule is O=C(CCCCCCOCc1ccccc1)CCCCCCOCc1ccccc1. The van der Waals surface area contributed by atoms with Gasteiger partial charge in [0, 0.05) is 26.1 Å². The minimum Gasteiger partial charge on any atom is -0.377 e. The molecule has 0 spiro atoms. The van der Waals surface area contributed by atoms with Crippen LogP contribution in [0.15, 0.2) is 60.7 Å². The van der Waals surface area contributed by atoms with Gasteiger partial charge in [-0.3, -0.25) is 4.79 Å². The Morgan fingerprint density at radius 1 is 0.533 bits per heavy atom. The summed E-state index contributed by atoms with van der Waals surface area (Å²) in [5.41, 5.74) is 2.45. The van der Waals surface area contributed by atoms with E-state index in [1.54, 1.807) is 0 Å². The summed E-state index contributed by atoms with van der Waals surface area (Å²) in [4.78, 5) is 12.0. The van der Waals surface area contributed by atoms with Crippen LogP contribution in [0.1, 0.15) is 75.3 Å². The van der Waals surface area contributed by atoms with Crippen LogP contribution in [0.5, 0.6) is 0 Å². The van der Waals surface area contributed by atoms with Crippen LogP contribution in [0.25, 0.3) is 0 Å². The Balaban J connectivity index is 1.30. The molecule has 2 aromatic carbocycles. The van der Waals surface area contributed by atoms with Crippen molar-refractivity contribution in [3.63, 3.8) is 0 Å². The topological polar surface area (TPSA) is 35.5 Å². The Morgan fingerprint density at radius 2 is 0.933 bits per heavy atom. The lowest BCUT2D eigenvalue weighted by atomic mass is 10.0. The second kappa shape index (κ2) is 16.8. The lowest BCUT2D eigenvalue weighted by Gasteiger charge is -2.05. The maximum absolute atomic E-state index is 12.0. The fraction of sp³-hybridized carbons (Fsp3) is 0.519. The molecule has 0 bridgehead atoms. The number of hydrogen-bond acceptors (Lipinski definition) is 3. The molecule has 0 amide bonds. The zero-order valence-corrected chi connectivity index (χ0v) is 18.4. The molecule has 0 saturated heterocycles. The summed E-state index contributed by atoms with van der Waals surface area (Å²) >= 11 is 0. The smallest absolute Gasteiger partial charge is 0.132 e. The molecule has 0 N–H and O–H groups in total. The van der Waals surface area contributed by atoms with Gasteiger partial charge < -0.3 is 9.47 Å². The Morgan fingerprint density at radius 3 is 1.37 bits per heavy atom. The highest BCUT2D eigenvalue weighted by Crippen LogP contribution is 2.10. The van der Waals surface area contributed by atoms with Crippen molar-refractivity contribution in [2.24, 2.45) is 0 Å². The van der Waals surface area contributed by atoms with Crippen molar-refractivity contribution in [1.29, 1.82) is 0 Å². The largest absolute Gasteiger partial charge is 0.377 e. The quantitative estimate of drug-likeness (QED) is 0.251. The van der Waals surface area contributed by atoms with Crippen LogP contribution in [-0.4, -0.2) is 19.0 Å². The van der Waals surface area contributed by atoms with Crippen molar-refractivity contribution in [3.8, 4) is 0 Å². The van der Waals surface area contributed by atoms with E-state index in [2.05, 4.69) is 24.3 Å². The van der Waals surface area contributed by atoms with E-state index in [1.165, 1.54) is 11.1 Å². The average molecular weight is 411 g/mol. The summed E-state index contributed by atoms with van der Waals surface area (Å²) in [6.07, 6.45) is 10.2. The third kappa shape index (κ3) is 12.6. The molecule has 0 aliphatic carbocycles. The van der Waals surface area contributed by atoms with Gasteiger partial charge in [-0.15, -0.1) is 0 Å². The monoisotopic (exact) mass is 410 g/mol. The summed E-state index contributed by atoms with van der Waals surface area (Å²) in [6.45, 7) is 2.99.